The van der Waals surface area contributed by atoms with Gasteiger partial charge in [0, 0.05) is 36.7 Å². The van der Waals surface area contributed by atoms with Crippen LogP contribution in [0.4, 0.5) is 5.69 Å². The number of hydrogen-bond acceptors (Lipinski definition) is 7. The number of benzene rings is 2. The van der Waals surface area contributed by atoms with Crippen LogP contribution >= 0.6 is 11.3 Å². The minimum absolute atomic E-state index is 0.179. The zero-order valence-corrected chi connectivity index (χ0v) is 20.3. The van der Waals surface area contributed by atoms with E-state index in [0.717, 1.165) is 16.2 Å². The molecule has 0 spiro atoms. The number of anilines is 1. The van der Waals surface area contributed by atoms with Gasteiger partial charge in [-0.2, -0.15) is 4.31 Å². The van der Waals surface area contributed by atoms with E-state index in [9.17, 15) is 13.2 Å². The normalized spacial score (nSPS) is 16.9. The predicted molar refractivity (Wildman–Crippen MR) is 131 cm³/mol. The van der Waals surface area contributed by atoms with Crippen molar-refractivity contribution in [3.05, 3.63) is 59.5 Å². The minimum Gasteiger partial charge on any atom is -0.486 e. The predicted octanol–water partition coefficient (Wildman–Crippen LogP) is 3.37. The van der Waals surface area contributed by atoms with E-state index in [2.05, 4.69) is 10.2 Å². The van der Waals surface area contributed by atoms with Gasteiger partial charge in [-0.15, -0.1) is 11.3 Å². The second kappa shape index (κ2) is 9.38. The highest BCUT2D eigenvalue weighted by Gasteiger charge is 2.27. The Morgan fingerprint density at radius 2 is 1.71 bits per heavy atom. The summed E-state index contributed by atoms with van der Waals surface area (Å²) >= 11 is 1.36. The quantitative estimate of drug-likeness (QED) is 0.579. The first-order valence-corrected chi connectivity index (χ1v) is 13.3. The Labute approximate surface area is 202 Å². The van der Waals surface area contributed by atoms with Crippen molar-refractivity contribution < 1.29 is 22.7 Å². The third kappa shape index (κ3) is 4.67. The number of nitrogens with zero attached hydrogens (tertiary/aromatic N) is 2. The van der Waals surface area contributed by atoms with Gasteiger partial charge >= 0.3 is 0 Å². The second-order valence-corrected chi connectivity index (χ2v) is 11.2. The number of thiophene rings is 1. The molecule has 2 aromatic carbocycles. The van der Waals surface area contributed by atoms with E-state index in [-0.39, 0.29) is 10.8 Å². The molecule has 1 aromatic heterocycles. The summed E-state index contributed by atoms with van der Waals surface area (Å²) < 4.78 is 38.8. The maximum Gasteiger partial charge on any atom is 0.265 e. The first-order chi connectivity index (χ1) is 16.4. The van der Waals surface area contributed by atoms with Crippen molar-refractivity contribution in [2.24, 2.45) is 0 Å². The van der Waals surface area contributed by atoms with Crippen LogP contribution in [0.2, 0.25) is 0 Å². The van der Waals surface area contributed by atoms with Crippen LogP contribution in [0.3, 0.4) is 0 Å². The molecule has 0 bridgehead atoms. The highest BCUT2D eigenvalue weighted by atomic mass is 32.2. The number of hydrogen-bond donors (Lipinski definition) is 1. The average molecular weight is 500 g/mol. The molecule has 34 heavy (non-hydrogen) atoms. The molecule has 3 heterocycles. The fourth-order valence-electron chi connectivity index (χ4n) is 3.92. The first-order valence-electron chi connectivity index (χ1n) is 11.0. The molecular formula is C24H25N3O5S2. The van der Waals surface area contributed by atoms with Crippen LogP contribution in [0.25, 0.3) is 10.4 Å². The second-order valence-electron chi connectivity index (χ2n) is 8.21. The van der Waals surface area contributed by atoms with Crippen molar-refractivity contribution in [3.8, 4) is 21.9 Å². The Bertz CT molecular complexity index is 1310. The Balaban J connectivity index is 1.30. The number of amides is 1. The highest BCUT2D eigenvalue weighted by Crippen LogP contribution is 2.37. The molecule has 5 rings (SSSR count). The molecule has 1 amide bonds. The Morgan fingerprint density at radius 1 is 0.941 bits per heavy atom. The molecule has 0 atom stereocenters. The maximum absolute atomic E-state index is 13.0. The molecule has 2 aliphatic heterocycles. The van der Waals surface area contributed by atoms with Crippen molar-refractivity contribution >= 4 is 33.0 Å². The van der Waals surface area contributed by atoms with Gasteiger partial charge in [0.2, 0.25) is 10.0 Å². The zero-order chi connectivity index (χ0) is 23.7. The Kier molecular flexibility index (Phi) is 6.30. The van der Waals surface area contributed by atoms with Gasteiger partial charge in [-0.3, -0.25) is 4.79 Å². The van der Waals surface area contributed by atoms with Crippen LogP contribution < -0.4 is 14.8 Å². The lowest BCUT2D eigenvalue weighted by Crippen LogP contribution is -2.47. The van der Waals surface area contributed by atoms with Gasteiger partial charge in [-0.25, -0.2) is 8.42 Å². The minimum atomic E-state index is -3.61. The van der Waals surface area contributed by atoms with Gasteiger partial charge in [0.25, 0.3) is 5.91 Å². The summed E-state index contributed by atoms with van der Waals surface area (Å²) in [4.78, 5) is 16.6. The molecule has 10 heteroatoms. The molecule has 0 aliphatic carbocycles. The smallest absolute Gasteiger partial charge is 0.265 e. The summed E-state index contributed by atoms with van der Waals surface area (Å²) in [6.45, 7) is 3.34. The Hall–Kier alpha value is -2.92. The molecule has 178 valence electrons. The number of fused-ring (bicyclic) bond motifs is 1. The maximum atomic E-state index is 13.0. The standard InChI is InChI=1S/C24H25N3O5S2/c1-26-9-11-27(12-10-26)34(29,30)19-4-2-3-18(16-19)25-24(28)23-8-7-22(33-23)17-5-6-20-21(15-17)32-14-13-31-20/h2-8,15-16H,9-14H2,1H3,(H,25,28). The van der Waals surface area contributed by atoms with Crippen LogP contribution in [0.15, 0.2) is 59.5 Å². The average Bonchev–Trinajstić information content (AvgIpc) is 3.35. The van der Waals surface area contributed by atoms with Crippen LogP contribution in [-0.4, -0.2) is 70.0 Å². The molecule has 0 radical (unpaired) electrons. The van der Waals surface area contributed by atoms with Gasteiger partial charge in [0.15, 0.2) is 11.5 Å². The summed E-state index contributed by atoms with van der Waals surface area (Å²) in [5.74, 6) is 1.13. The topological polar surface area (TPSA) is 88.2 Å². The van der Waals surface area contributed by atoms with E-state index in [1.807, 2.05) is 31.3 Å². The van der Waals surface area contributed by atoms with Crippen molar-refractivity contribution in [2.45, 2.75) is 4.90 Å². The largest absolute Gasteiger partial charge is 0.486 e. The number of rotatable bonds is 5. The molecule has 2 aliphatic rings. The Morgan fingerprint density at radius 3 is 2.50 bits per heavy atom. The number of likely N-dealkylation sites (N-methyl/N-ethyl adjacent to an activating group) is 1. The van der Waals surface area contributed by atoms with E-state index >= 15 is 0 Å². The summed E-state index contributed by atoms with van der Waals surface area (Å²) in [7, 11) is -1.64. The number of piperazine rings is 1. The fraction of sp³-hybridized carbons (Fsp3) is 0.292. The molecule has 1 N–H and O–H groups in total. The number of carbonyl (C=O) groups is 1. The highest BCUT2D eigenvalue weighted by molar-refractivity contribution is 7.89. The third-order valence-electron chi connectivity index (χ3n) is 5.85. The third-order valence-corrected chi connectivity index (χ3v) is 8.88. The number of sulfonamides is 1. The fourth-order valence-corrected chi connectivity index (χ4v) is 6.28. The van der Waals surface area contributed by atoms with Gasteiger partial charge in [-0.1, -0.05) is 6.07 Å². The van der Waals surface area contributed by atoms with E-state index in [0.29, 0.717) is 55.7 Å². The van der Waals surface area contributed by atoms with E-state index < -0.39 is 10.0 Å². The molecule has 1 saturated heterocycles. The van der Waals surface area contributed by atoms with Gasteiger partial charge in [-0.05, 0) is 61.1 Å². The molecule has 0 unspecified atom stereocenters. The lowest BCUT2D eigenvalue weighted by molar-refractivity contribution is 0.103. The molecule has 0 saturated carbocycles. The van der Waals surface area contributed by atoms with E-state index in [1.165, 1.54) is 21.7 Å². The van der Waals surface area contributed by atoms with Crippen molar-refractivity contribution in [1.82, 2.24) is 9.21 Å². The van der Waals surface area contributed by atoms with Crippen LogP contribution in [0.1, 0.15) is 9.67 Å². The lowest BCUT2D eigenvalue weighted by atomic mass is 10.1. The van der Waals surface area contributed by atoms with Crippen LogP contribution in [0.5, 0.6) is 11.5 Å². The zero-order valence-electron chi connectivity index (χ0n) is 18.7. The SMILES string of the molecule is CN1CCN(S(=O)(=O)c2cccc(NC(=O)c3ccc(-c4ccc5c(c4)OCCO5)s3)c2)CC1. The van der Waals surface area contributed by atoms with Crippen LogP contribution in [-0.2, 0) is 10.0 Å². The van der Waals surface area contributed by atoms with E-state index in [4.69, 9.17) is 9.47 Å². The molecule has 8 nitrogen and oxygen atoms in total. The molecular weight excluding hydrogens is 474 g/mol. The summed E-state index contributed by atoms with van der Waals surface area (Å²) in [6, 6.07) is 15.8. The van der Waals surface area contributed by atoms with Crippen LogP contribution in [0, 0.1) is 0 Å². The first kappa shape index (κ1) is 22.9. The number of ether oxygens (including phenoxy) is 2. The van der Waals surface area contributed by atoms with Crippen molar-refractivity contribution in [1.29, 1.82) is 0 Å². The molecule has 1 fully saturated rings. The van der Waals surface area contributed by atoms with Crippen molar-refractivity contribution in [2.75, 3.05) is 51.8 Å². The van der Waals surface area contributed by atoms with Gasteiger partial charge in [0.05, 0.1) is 9.77 Å². The summed E-state index contributed by atoms with van der Waals surface area (Å²) in [5, 5.41) is 2.83. The van der Waals surface area contributed by atoms with Crippen molar-refractivity contribution in [3.63, 3.8) is 0 Å². The number of carbonyl (C=O) groups excluding carboxylic acids is 1. The van der Waals surface area contributed by atoms with Gasteiger partial charge < -0.3 is 19.7 Å². The number of nitrogens with one attached hydrogen (secondary N) is 1. The summed E-state index contributed by atoms with van der Waals surface area (Å²) in [6.07, 6.45) is 0. The summed E-state index contributed by atoms with van der Waals surface area (Å²) in [5.41, 5.74) is 1.38. The monoisotopic (exact) mass is 499 g/mol. The van der Waals surface area contributed by atoms with Gasteiger partial charge in [0.1, 0.15) is 13.2 Å². The van der Waals surface area contributed by atoms with E-state index in [1.54, 1.807) is 24.3 Å². The lowest BCUT2D eigenvalue weighted by Gasteiger charge is -2.31. The molecule has 3 aromatic rings.